The average Bonchev–Trinajstić information content (AvgIpc) is 2.44. The van der Waals surface area contributed by atoms with Gasteiger partial charge in [0.25, 0.3) is 5.69 Å². The summed E-state index contributed by atoms with van der Waals surface area (Å²) in [6.45, 7) is 5.31. The first kappa shape index (κ1) is 17.4. The molecule has 0 aliphatic heterocycles. The lowest BCUT2D eigenvalue weighted by Crippen LogP contribution is -2.35. The van der Waals surface area contributed by atoms with Crippen LogP contribution in [0.5, 0.6) is 0 Å². The van der Waals surface area contributed by atoms with Gasteiger partial charge in [-0.1, -0.05) is 6.92 Å². The normalized spacial score (nSPS) is 13.2. The molecule has 0 bridgehead atoms. The van der Waals surface area contributed by atoms with Crippen molar-refractivity contribution in [2.75, 3.05) is 19.4 Å². The molecule has 1 aromatic carbocycles. The Bertz CT molecular complexity index is 643. The molecule has 0 aliphatic carbocycles. The highest BCUT2D eigenvalue weighted by Gasteiger charge is 2.29. The molecule has 7 nitrogen and oxygen atoms in total. The summed E-state index contributed by atoms with van der Waals surface area (Å²) in [6, 6.07) is 2.42. The third-order valence-electron chi connectivity index (χ3n) is 3.63. The molecule has 0 saturated carbocycles. The molecule has 1 aromatic rings. The Morgan fingerprint density at radius 2 is 2.00 bits per heavy atom. The average molecular weight is 315 g/mol. The third-order valence-corrected chi connectivity index (χ3v) is 5.74. The number of hydrogen-bond donors (Lipinski definition) is 1. The molecule has 118 valence electrons. The van der Waals surface area contributed by atoms with E-state index in [-0.39, 0.29) is 16.6 Å². The van der Waals surface area contributed by atoms with E-state index in [9.17, 15) is 18.5 Å². The summed E-state index contributed by atoms with van der Waals surface area (Å²) in [5, 5.41) is 13.8. The molecule has 1 rings (SSSR count). The smallest absolute Gasteiger partial charge is 0.293 e. The fraction of sp³-hybridized carbons (Fsp3) is 0.538. The molecule has 1 atom stereocenters. The van der Waals surface area contributed by atoms with E-state index in [1.165, 1.54) is 17.4 Å². The van der Waals surface area contributed by atoms with Crippen LogP contribution in [-0.2, 0) is 10.0 Å². The van der Waals surface area contributed by atoms with Crippen LogP contribution in [-0.4, -0.2) is 37.8 Å². The number of anilines is 1. The Hall–Kier alpha value is -1.67. The van der Waals surface area contributed by atoms with Gasteiger partial charge in [-0.2, -0.15) is 4.31 Å². The second-order valence-corrected chi connectivity index (χ2v) is 6.89. The highest BCUT2D eigenvalue weighted by atomic mass is 32.2. The molecule has 1 unspecified atom stereocenters. The summed E-state index contributed by atoms with van der Waals surface area (Å²) < 4.78 is 26.5. The molecule has 0 heterocycles. The van der Waals surface area contributed by atoms with Crippen LogP contribution >= 0.6 is 0 Å². The summed E-state index contributed by atoms with van der Waals surface area (Å²) in [4.78, 5) is 10.5. The molecule has 1 N–H and O–H groups in total. The van der Waals surface area contributed by atoms with Gasteiger partial charge in [-0.3, -0.25) is 10.1 Å². The monoisotopic (exact) mass is 315 g/mol. The van der Waals surface area contributed by atoms with Gasteiger partial charge in [-0.15, -0.1) is 0 Å². The van der Waals surface area contributed by atoms with Crippen molar-refractivity contribution in [3.8, 4) is 0 Å². The van der Waals surface area contributed by atoms with Crippen LogP contribution in [0.2, 0.25) is 0 Å². The van der Waals surface area contributed by atoms with Gasteiger partial charge < -0.3 is 5.32 Å². The second kappa shape index (κ2) is 6.40. The zero-order valence-electron chi connectivity index (χ0n) is 12.9. The maximum Gasteiger partial charge on any atom is 0.293 e. The van der Waals surface area contributed by atoms with Crippen molar-refractivity contribution in [1.82, 2.24) is 4.31 Å². The van der Waals surface area contributed by atoms with Crippen LogP contribution in [0, 0.1) is 17.0 Å². The van der Waals surface area contributed by atoms with Crippen molar-refractivity contribution in [2.45, 2.75) is 38.1 Å². The van der Waals surface area contributed by atoms with Crippen LogP contribution in [0.15, 0.2) is 17.0 Å². The van der Waals surface area contributed by atoms with Crippen LogP contribution < -0.4 is 5.32 Å². The molecule has 0 aliphatic rings. The van der Waals surface area contributed by atoms with Crippen molar-refractivity contribution in [2.24, 2.45) is 0 Å². The number of hydrogen-bond acceptors (Lipinski definition) is 5. The van der Waals surface area contributed by atoms with Crippen LogP contribution in [0.1, 0.15) is 25.8 Å². The summed E-state index contributed by atoms with van der Waals surface area (Å²) >= 11 is 0. The van der Waals surface area contributed by atoms with E-state index < -0.39 is 14.9 Å². The van der Waals surface area contributed by atoms with Crippen LogP contribution in [0.3, 0.4) is 0 Å². The SMILES string of the molecule is CCC(C)N(C)S(=O)(=O)c1cc([N+](=O)[O-])c(NC)cc1C. The lowest BCUT2D eigenvalue weighted by molar-refractivity contribution is -0.384. The number of nitro groups is 1. The zero-order valence-corrected chi connectivity index (χ0v) is 13.7. The standard InChI is InChI=1S/C13H21N3O4S/c1-6-10(3)15(5)21(19,20)13-8-12(16(17)18)11(14-4)7-9(13)2/h7-8,10,14H,6H2,1-5H3. The molecule has 0 aromatic heterocycles. The van der Waals surface area contributed by atoms with Gasteiger partial charge in [0.15, 0.2) is 0 Å². The van der Waals surface area contributed by atoms with E-state index in [0.29, 0.717) is 17.7 Å². The summed E-state index contributed by atoms with van der Waals surface area (Å²) in [5.41, 5.74) is 0.516. The van der Waals surface area contributed by atoms with Gasteiger partial charge in [0.05, 0.1) is 9.82 Å². The van der Waals surface area contributed by atoms with E-state index in [1.54, 1.807) is 20.9 Å². The van der Waals surface area contributed by atoms with E-state index in [0.717, 1.165) is 6.07 Å². The Labute approximate surface area is 125 Å². The quantitative estimate of drug-likeness (QED) is 0.642. The maximum atomic E-state index is 12.6. The summed E-state index contributed by atoms with van der Waals surface area (Å²) in [7, 11) is -0.717. The van der Waals surface area contributed by atoms with Crippen LogP contribution in [0.25, 0.3) is 0 Å². The minimum atomic E-state index is -3.76. The summed E-state index contributed by atoms with van der Waals surface area (Å²) in [5.74, 6) is 0. The van der Waals surface area contributed by atoms with Crippen molar-refractivity contribution in [3.05, 3.63) is 27.8 Å². The number of nitrogens with one attached hydrogen (secondary N) is 1. The number of nitro benzene ring substituents is 1. The topological polar surface area (TPSA) is 92.5 Å². The van der Waals surface area contributed by atoms with Crippen LogP contribution in [0.4, 0.5) is 11.4 Å². The molecular formula is C13H21N3O4S. The minimum Gasteiger partial charge on any atom is -0.383 e. The van der Waals surface area contributed by atoms with Crippen molar-refractivity contribution < 1.29 is 13.3 Å². The highest BCUT2D eigenvalue weighted by molar-refractivity contribution is 7.89. The molecule has 0 spiro atoms. The van der Waals surface area contributed by atoms with Gasteiger partial charge in [0, 0.05) is 26.2 Å². The van der Waals surface area contributed by atoms with Gasteiger partial charge in [-0.05, 0) is 31.9 Å². The minimum absolute atomic E-state index is 0.0315. The largest absolute Gasteiger partial charge is 0.383 e. The van der Waals surface area contributed by atoms with E-state index in [2.05, 4.69) is 5.32 Å². The Kier molecular flexibility index (Phi) is 5.30. The molecule has 0 fully saturated rings. The molecule has 0 amide bonds. The Morgan fingerprint density at radius 3 is 2.43 bits per heavy atom. The van der Waals surface area contributed by atoms with E-state index in [1.807, 2.05) is 6.92 Å². The number of aryl methyl sites for hydroxylation is 1. The fourth-order valence-corrected chi connectivity index (χ4v) is 3.62. The predicted molar refractivity (Wildman–Crippen MR) is 82.1 cm³/mol. The number of benzene rings is 1. The molecule has 0 saturated heterocycles. The van der Waals surface area contributed by atoms with Crippen molar-refractivity contribution >= 4 is 21.4 Å². The number of nitrogens with zero attached hydrogens (tertiary/aromatic N) is 2. The van der Waals surface area contributed by atoms with Gasteiger partial charge in [-0.25, -0.2) is 8.42 Å². The summed E-state index contributed by atoms with van der Waals surface area (Å²) in [6.07, 6.45) is 0.658. The van der Waals surface area contributed by atoms with Crippen molar-refractivity contribution in [3.63, 3.8) is 0 Å². The molecular weight excluding hydrogens is 294 g/mol. The molecule has 8 heteroatoms. The lowest BCUT2D eigenvalue weighted by atomic mass is 10.2. The molecule has 0 radical (unpaired) electrons. The van der Waals surface area contributed by atoms with E-state index >= 15 is 0 Å². The lowest BCUT2D eigenvalue weighted by Gasteiger charge is -2.24. The second-order valence-electron chi connectivity index (χ2n) is 4.92. The van der Waals surface area contributed by atoms with Gasteiger partial charge >= 0.3 is 0 Å². The maximum absolute atomic E-state index is 12.6. The predicted octanol–water partition coefficient (Wildman–Crippen LogP) is 2.36. The Morgan fingerprint density at radius 1 is 1.43 bits per heavy atom. The Balaban J connectivity index is 3.50. The molecule has 21 heavy (non-hydrogen) atoms. The first-order valence-corrected chi connectivity index (χ1v) is 8.05. The van der Waals surface area contributed by atoms with Crippen molar-refractivity contribution in [1.29, 1.82) is 0 Å². The number of sulfonamides is 1. The fourth-order valence-electron chi connectivity index (χ4n) is 1.96. The number of rotatable bonds is 6. The first-order chi connectivity index (χ1) is 9.66. The van der Waals surface area contributed by atoms with E-state index in [4.69, 9.17) is 0 Å². The zero-order chi connectivity index (χ0) is 16.4. The third kappa shape index (κ3) is 3.33. The first-order valence-electron chi connectivity index (χ1n) is 6.61. The highest BCUT2D eigenvalue weighted by Crippen LogP contribution is 2.32. The van der Waals surface area contributed by atoms with Gasteiger partial charge in [0.1, 0.15) is 5.69 Å². The van der Waals surface area contributed by atoms with Gasteiger partial charge in [0.2, 0.25) is 10.0 Å².